The van der Waals surface area contributed by atoms with Gasteiger partial charge in [0.05, 0.1) is 31.6 Å². The van der Waals surface area contributed by atoms with E-state index >= 15 is 0 Å². The van der Waals surface area contributed by atoms with Crippen molar-refractivity contribution >= 4 is 17.5 Å². The number of methoxy groups -OCH3 is 1. The fourth-order valence-electron chi connectivity index (χ4n) is 4.90. The van der Waals surface area contributed by atoms with Crippen LogP contribution in [0, 0.1) is 11.8 Å². The van der Waals surface area contributed by atoms with Crippen LogP contribution in [0.15, 0.2) is 66.7 Å². The largest absolute Gasteiger partial charge is 0.497 e. The Morgan fingerprint density at radius 3 is 2.87 bits per heavy atom. The van der Waals surface area contributed by atoms with Crippen molar-refractivity contribution < 1.29 is 19.1 Å². The average Bonchev–Trinajstić information content (AvgIpc) is 3.41. The van der Waals surface area contributed by atoms with Gasteiger partial charge >= 0.3 is 0 Å². The van der Waals surface area contributed by atoms with Crippen molar-refractivity contribution in [2.45, 2.75) is 18.1 Å². The summed E-state index contributed by atoms with van der Waals surface area (Å²) in [7, 11) is 1.58. The molecule has 2 fully saturated rings. The third-order valence-corrected chi connectivity index (χ3v) is 6.33. The molecule has 1 N–H and O–H groups in total. The first kappa shape index (κ1) is 18.9. The number of nitrogens with one attached hydrogen (secondary N) is 1. The summed E-state index contributed by atoms with van der Waals surface area (Å²) in [5.41, 5.74) is 1.15. The SMILES string of the molecule is COc1cccc(NC(=O)C2C3C=C[C@]4(CN(CCc5ccccc5)C(=O)C24)O3)c1. The van der Waals surface area contributed by atoms with Crippen molar-refractivity contribution in [2.75, 3.05) is 25.5 Å². The average molecular weight is 404 g/mol. The van der Waals surface area contributed by atoms with Crippen LogP contribution in [0.25, 0.3) is 0 Å². The predicted molar refractivity (Wildman–Crippen MR) is 112 cm³/mol. The molecule has 3 aliphatic heterocycles. The van der Waals surface area contributed by atoms with Gasteiger partial charge in [-0.25, -0.2) is 0 Å². The highest BCUT2D eigenvalue weighted by Crippen LogP contribution is 2.52. The number of hydrogen-bond donors (Lipinski definition) is 1. The number of amides is 2. The van der Waals surface area contributed by atoms with Gasteiger partial charge in [0, 0.05) is 18.3 Å². The van der Waals surface area contributed by atoms with Gasteiger partial charge < -0.3 is 19.7 Å². The third-order valence-electron chi connectivity index (χ3n) is 6.33. The summed E-state index contributed by atoms with van der Waals surface area (Å²) in [6, 6.07) is 17.3. The number of carbonyl (C=O) groups is 2. The maximum absolute atomic E-state index is 13.3. The fraction of sp³-hybridized carbons (Fsp3) is 0.333. The van der Waals surface area contributed by atoms with Gasteiger partial charge in [-0.15, -0.1) is 0 Å². The monoisotopic (exact) mass is 404 g/mol. The van der Waals surface area contributed by atoms with Gasteiger partial charge in [-0.1, -0.05) is 48.6 Å². The standard InChI is InChI=1S/C24H24N2O4/c1-29-18-9-5-8-17(14-18)25-22(27)20-19-10-12-24(30-19)15-26(23(28)21(20)24)13-11-16-6-3-2-4-7-16/h2-10,12,14,19-21H,11,13,15H2,1H3,(H,25,27)/t19?,20?,21?,24-/m1/s1. The third kappa shape index (κ3) is 3.08. The molecule has 30 heavy (non-hydrogen) atoms. The molecule has 2 saturated heterocycles. The first-order chi connectivity index (χ1) is 14.6. The van der Waals surface area contributed by atoms with Crippen molar-refractivity contribution in [1.29, 1.82) is 0 Å². The zero-order valence-corrected chi connectivity index (χ0v) is 16.8. The van der Waals surface area contributed by atoms with E-state index in [4.69, 9.17) is 9.47 Å². The number of hydrogen-bond acceptors (Lipinski definition) is 4. The van der Waals surface area contributed by atoms with Crippen LogP contribution in [0.4, 0.5) is 5.69 Å². The molecule has 4 atom stereocenters. The van der Waals surface area contributed by atoms with Crippen molar-refractivity contribution in [1.82, 2.24) is 4.90 Å². The number of fused-ring (bicyclic) bond motifs is 1. The molecule has 3 unspecified atom stereocenters. The zero-order chi connectivity index (χ0) is 20.7. The molecule has 2 aromatic carbocycles. The second-order valence-electron chi connectivity index (χ2n) is 8.12. The van der Waals surface area contributed by atoms with E-state index in [1.807, 2.05) is 53.5 Å². The van der Waals surface area contributed by atoms with E-state index in [1.54, 1.807) is 13.2 Å². The molecular weight excluding hydrogens is 380 g/mol. The quantitative estimate of drug-likeness (QED) is 0.752. The number of nitrogens with zero attached hydrogens (tertiary/aromatic N) is 1. The number of ether oxygens (including phenoxy) is 2. The Kier molecular flexibility index (Phi) is 4.59. The van der Waals surface area contributed by atoms with Gasteiger partial charge in [-0.2, -0.15) is 0 Å². The topological polar surface area (TPSA) is 67.9 Å². The van der Waals surface area contributed by atoms with E-state index in [-0.39, 0.29) is 17.9 Å². The van der Waals surface area contributed by atoms with Gasteiger partial charge in [0.1, 0.15) is 11.4 Å². The zero-order valence-electron chi connectivity index (χ0n) is 16.8. The molecule has 6 nitrogen and oxygen atoms in total. The maximum atomic E-state index is 13.3. The molecule has 0 saturated carbocycles. The Hall–Kier alpha value is -3.12. The lowest BCUT2D eigenvalue weighted by molar-refractivity contribution is -0.135. The van der Waals surface area contributed by atoms with Crippen molar-refractivity contribution in [3.05, 3.63) is 72.3 Å². The minimum absolute atomic E-state index is 0.00331. The van der Waals surface area contributed by atoms with E-state index in [9.17, 15) is 9.59 Å². The molecule has 5 rings (SSSR count). The lowest BCUT2D eigenvalue weighted by atomic mass is 9.77. The normalized spacial score (nSPS) is 28.6. The van der Waals surface area contributed by atoms with E-state index in [2.05, 4.69) is 17.4 Å². The molecule has 2 aromatic rings. The van der Waals surface area contributed by atoms with Crippen molar-refractivity contribution in [2.24, 2.45) is 11.8 Å². The summed E-state index contributed by atoms with van der Waals surface area (Å²) in [4.78, 5) is 28.3. The molecule has 6 heteroatoms. The molecule has 2 amide bonds. The van der Waals surface area contributed by atoms with Crippen LogP contribution in [0.1, 0.15) is 5.56 Å². The van der Waals surface area contributed by atoms with Gasteiger partial charge in [0.15, 0.2) is 0 Å². The van der Waals surface area contributed by atoms with Crippen LogP contribution in [-0.4, -0.2) is 48.6 Å². The minimum Gasteiger partial charge on any atom is -0.497 e. The Labute approximate surface area is 175 Å². The Morgan fingerprint density at radius 1 is 1.23 bits per heavy atom. The summed E-state index contributed by atoms with van der Waals surface area (Å²) in [6.07, 6.45) is 4.34. The van der Waals surface area contributed by atoms with Gasteiger partial charge in [-0.05, 0) is 24.1 Å². The number of rotatable bonds is 6. The Morgan fingerprint density at radius 2 is 2.07 bits per heavy atom. The lowest BCUT2D eigenvalue weighted by Gasteiger charge is -2.23. The van der Waals surface area contributed by atoms with Gasteiger partial charge in [0.2, 0.25) is 11.8 Å². The second-order valence-corrected chi connectivity index (χ2v) is 8.12. The number of likely N-dealkylation sites (tertiary alicyclic amines) is 1. The fourth-order valence-corrected chi connectivity index (χ4v) is 4.90. The first-order valence-corrected chi connectivity index (χ1v) is 10.2. The highest BCUT2D eigenvalue weighted by Gasteiger charge is 2.66. The molecule has 2 bridgehead atoms. The van der Waals surface area contributed by atoms with Gasteiger partial charge in [0.25, 0.3) is 0 Å². The maximum Gasteiger partial charge on any atom is 0.231 e. The molecular formula is C24H24N2O4. The smallest absolute Gasteiger partial charge is 0.231 e. The van der Waals surface area contributed by atoms with Crippen molar-refractivity contribution in [3.8, 4) is 5.75 Å². The molecule has 0 aromatic heterocycles. The summed E-state index contributed by atoms with van der Waals surface area (Å²) in [5.74, 6) is -0.534. The van der Waals surface area contributed by atoms with E-state index in [0.717, 1.165) is 6.42 Å². The van der Waals surface area contributed by atoms with E-state index in [1.165, 1.54) is 5.56 Å². The van der Waals surface area contributed by atoms with Gasteiger partial charge in [-0.3, -0.25) is 9.59 Å². The summed E-state index contributed by atoms with van der Waals surface area (Å²) >= 11 is 0. The molecule has 1 spiro atoms. The molecule has 3 heterocycles. The van der Waals surface area contributed by atoms with Crippen LogP contribution in [-0.2, 0) is 20.7 Å². The van der Waals surface area contributed by atoms with E-state index in [0.29, 0.717) is 24.5 Å². The lowest BCUT2D eigenvalue weighted by Crippen LogP contribution is -2.41. The second kappa shape index (κ2) is 7.29. The highest BCUT2D eigenvalue weighted by molar-refractivity contribution is 5.99. The Bertz CT molecular complexity index is 1010. The summed E-state index contributed by atoms with van der Waals surface area (Å²) in [6.45, 7) is 1.12. The summed E-state index contributed by atoms with van der Waals surface area (Å²) < 4.78 is 11.4. The molecule has 154 valence electrons. The predicted octanol–water partition coefficient (Wildman–Crippen LogP) is 2.66. The number of anilines is 1. The van der Waals surface area contributed by atoms with Crippen molar-refractivity contribution in [3.63, 3.8) is 0 Å². The van der Waals surface area contributed by atoms with Crippen LogP contribution < -0.4 is 10.1 Å². The molecule has 0 radical (unpaired) electrons. The molecule has 0 aliphatic carbocycles. The number of benzene rings is 2. The first-order valence-electron chi connectivity index (χ1n) is 10.2. The van der Waals surface area contributed by atoms with E-state index < -0.39 is 17.4 Å². The minimum atomic E-state index is -0.686. The molecule has 3 aliphatic rings. The summed E-state index contributed by atoms with van der Waals surface area (Å²) in [5, 5.41) is 2.94. The van der Waals surface area contributed by atoms with Crippen LogP contribution in [0.3, 0.4) is 0 Å². The van der Waals surface area contributed by atoms with Crippen LogP contribution in [0.2, 0.25) is 0 Å². The Balaban J connectivity index is 1.32. The number of carbonyl (C=O) groups excluding carboxylic acids is 2. The van der Waals surface area contributed by atoms with Crippen LogP contribution >= 0.6 is 0 Å². The highest BCUT2D eigenvalue weighted by atomic mass is 16.5. The van der Waals surface area contributed by atoms with Crippen LogP contribution in [0.5, 0.6) is 5.75 Å².